The van der Waals surface area contributed by atoms with Crippen molar-refractivity contribution in [1.29, 1.82) is 0 Å². The molecule has 0 N–H and O–H groups in total. The molecule has 0 aromatic heterocycles. The summed E-state index contributed by atoms with van der Waals surface area (Å²) >= 11 is 0. The van der Waals surface area contributed by atoms with Crippen LogP contribution in [0.2, 0.25) is 19.1 Å². The lowest BCUT2D eigenvalue weighted by Gasteiger charge is -2.21. The molecule has 1 aromatic carbocycles. The van der Waals surface area contributed by atoms with Crippen LogP contribution in [0.3, 0.4) is 0 Å². The number of hydrogen-bond acceptors (Lipinski definition) is 2. The zero-order chi connectivity index (χ0) is 12.0. The lowest BCUT2D eigenvalue weighted by molar-refractivity contribution is -0.140. The van der Waals surface area contributed by atoms with Crippen LogP contribution in [0.4, 0.5) is 0 Å². The van der Waals surface area contributed by atoms with Crippen molar-refractivity contribution in [3.8, 4) is 0 Å². The van der Waals surface area contributed by atoms with Gasteiger partial charge in [0.15, 0.2) is 0 Å². The van der Waals surface area contributed by atoms with Crippen LogP contribution in [0.5, 0.6) is 0 Å². The third-order valence-corrected chi connectivity index (χ3v) is 5.06. The van der Waals surface area contributed by atoms with Crippen molar-refractivity contribution in [3.63, 3.8) is 0 Å². The van der Waals surface area contributed by atoms with Crippen molar-refractivity contribution in [3.05, 3.63) is 35.9 Å². The Balaban J connectivity index is 2.54. The average Bonchev–Trinajstić information content (AvgIpc) is 2.17. The standard InChI is InChI=1S/C13H20O2Si/c1-4-15-13(14)11-16(2,3)10-12-8-6-5-7-9-12/h5-9H,4,10-11H2,1-3H3. The Morgan fingerprint density at radius 2 is 1.88 bits per heavy atom. The number of ether oxygens (including phenoxy) is 1. The van der Waals surface area contributed by atoms with Crippen LogP contribution in [0.15, 0.2) is 30.3 Å². The van der Waals surface area contributed by atoms with E-state index in [-0.39, 0.29) is 5.97 Å². The first kappa shape index (κ1) is 13.0. The predicted octanol–water partition coefficient (Wildman–Crippen LogP) is 3.04. The molecule has 0 heterocycles. The average molecular weight is 236 g/mol. The minimum atomic E-state index is -1.52. The van der Waals surface area contributed by atoms with Gasteiger partial charge >= 0.3 is 5.97 Å². The van der Waals surface area contributed by atoms with Gasteiger partial charge < -0.3 is 4.74 Å². The van der Waals surface area contributed by atoms with Gasteiger partial charge in [0.2, 0.25) is 0 Å². The molecule has 0 bridgehead atoms. The van der Waals surface area contributed by atoms with Gasteiger partial charge in [-0.1, -0.05) is 49.0 Å². The zero-order valence-corrected chi connectivity index (χ0v) is 11.3. The fraction of sp³-hybridized carbons (Fsp3) is 0.462. The maximum absolute atomic E-state index is 11.5. The molecule has 0 saturated carbocycles. The minimum Gasteiger partial charge on any atom is -0.466 e. The summed E-state index contributed by atoms with van der Waals surface area (Å²) in [7, 11) is -1.52. The summed E-state index contributed by atoms with van der Waals surface area (Å²) in [5, 5.41) is 0. The van der Waals surface area contributed by atoms with E-state index in [1.165, 1.54) is 5.56 Å². The number of esters is 1. The van der Waals surface area contributed by atoms with Crippen LogP contribution < -0.4 is 0 Å². The number of benzene rings is 1. The van der Waals surface area contributed by atoms with Gasteiger partial charge in [-0.05, 0) is 13.0 Å². The molecule has 0 fully saturated rings. The van der Waals surface area contributed by atoms with Crippen molar-refractivity contribution in [2.45, 2.75) is 32.1 Å². The number of hydrogen-bond donors (Lipinski definition) is 0. The van der Waals surface area contributed by atoms with Crippen LogP contribution in [0, 0.1) is 0 Å². The van der Waals surface area contributed by atoms with Crippen molar-refractivity contribution < 1.29 is 9.53 Å². The monoisotopic (exact) mass is 236 g/mol. The second-order valence-electron chi connectivity index (χ2n) is 4.81. The lowest BCUT2D eigenvalue weighted by atomic mass is 10.2. The molecule has 0 aliphatic rings. The molecule has 1 rings (SSSR count). The van der Waals surface area contributed by atoms with E-state index in [1.54, 1.807) is 0 Å². The minimum absolute atomic E-state index is 0.0462. The van der Waals surface area contributed by atoms with Gasteiger partial charge in [-0.3, -0.25) is 4.79 Å². The summed E-state index contributed by atoms with van der Waals surface area (Å²) in [4.78, 5) is 11.5. The highest BCUT2D eigenvalue weighted by Gasteiger charge is 2.25. The Kier molecular flexibility index (Phi) is 4.74. The second kappa shape index (κ2) is 5.85. The van der Waals surface area contributed by atoms with Gasteiger partial charge in [0, 0.05) is 6.04 Å². The van der Waals surface area contributed by atoms with E-state index in [2.05, 4.69) is 25.2 Å². The molecule has 0 atom stereocenters. The summed E-state index contributed by atoms with van der Waals surface area (Å²) in [6.07, 6.45) is 0. The molecule has 0 saturated heterocycles. The van der Waals surface area contributed by atoms with Crippen LogP contribution >= 0.6 is 0 Å². The van der Waals surface area contributed by atoms with Gasteiger partial charge in [-0.25, -0.2) is 0 Å². The van der Waals surface area contributed by atoms with E-state index in [9.17, 15) is 4.79 Å². The van der Waals surface area contributed by atoms with E-state index >= 15 is 0 Å². The summed E-state index contributed by atoms with van der Waals surface area (Å²) in [5.41, 5.74) is 1.32. The quantitative estimate of drug-likeness (QED) is 0.580. The van der Waals surface area contributed by atoms with E-state index in [1.807, 2.05) is 25.1 Å². The maximum Gasteiger partial charge on any atom is 0.303 e. The van der Waals surface area contributed by atoms with Gasteiger partial charge in [0.1, 0.15) is 0 Å². The second-order valence-corrected chi connectivity index (χ2v) is 9.84. The first-order valence-corrected chi connectivity index (χ1v) is 9.14. The SMILES string of the molecule is CCOC(=O)C[Si](C)(C)Cc1ccccc1. The molecule has 0 amide bonds. The molecule has 0 spiro atoms. The van der Waals surface area contributed by atoms with Gasteiger partial charge in [0.25, 0.3) is 0 Å². The predicted molar refractivity (Wildman–Crippen MR) is 69.1 cm³/mol. The molecule has 3 heteroatoms. The summed E-state index contributed by atoms with van der Waals surface area (Å²) in [6.45, 7) is 6.80. The third-order valence-electron chi connectivity index (χ3n) is 2.45. The molecule has 0 aliphatic heterocycles. The first-order chi connectivity index (χ1) is 7.53. The number of carbonyl (C=O) groups is 1. The van der Waals surface area contributed by atoms with Crippen molar-refractivity contribution in [2.24, 2.45) is 0 Å². The fourth-order valence-corrected chi connectivity index (χ4v) is 4.16. The van der Waals surface area contributed by atoms with E-state index in [0.717, 1.165) is 6.04 Å². The van der Waals surface area contributed by atoms with E-state index in [4.69, 9.17) is 4.74 Å². The molecule has 2 nitrogen and oxygen atoms in total. The molecule has 88 valence electrons. The highest BCUT2D eigenvalue weighted by molar-refractivity contribution is 6.79. The third kappa shape index (κ3) is 4.62. The highest BCUT2D eigenvalue weighted by atomic mass is 28.3. The van der Waals surface area contributed by atoms with Crippen LogP contribution in [0.25, 0.3) is 0 Å². The molecule has 0 radical (unpaired) electrons. The fourth-order valence-electron chi connectivity index (χ4n) is 1.81. The Morgan fingerprint density at radius 1 is 1.25 bits per heavy atom. The largest absolute Gasteiger partial charge is 0.466 e. The summed E-state index contributed by atoms with van der Waals surface area (Å²) in [5.74, 6) is -0.0462. The van der Waals surface area contributed by atoms with Crippen molar-refractivity contribution in [1.82, 2.24) is 0 Å². The zero-order valence-electron chi connectivity index (χ0n) is 10.3. The highest BCUT2D eigenvalue weighted by Crippen LogP contribution is 2.17. The number of rotatable bonds is 5. The summed E-state index contributed by atoms with van der Waals surface area (Å²) in [6, 6.07) is 12.0. The molecule has 0 unspecified atom stereocenters. The Bertz CT molecular complexity index is 333. The van der Waals surface area contributed by atoms with Crippen molar-refractivity contribution in [2.75, 3.05) is 6.61 Å². The van der Waals surface area contributed by atoms with Gasteiger partial charge in [-0.15, -0.1) is 0 Å². The van der Waals surface area contributed by atoms with E-state index < -0.39 is 8.07 Å². The van der Waals surface area contributed by atoms with E-state index in [0.29, 0.717) is 12.7 Å². The molecule has 1 aromatic rings. The molecule has 16 heavy (non-hydrogen) atoms. The topological polar surface area (TPSA) is 26.3 Å². The Labute approximate surface area is 98.6 Å². The normalized spacial score (nSPS) is 11.2. The Morgan fingerprint density at radius 3 is 2.44 bits per heavy atom. The van der Waals surface area contributed by atoms with Gasteiger partial charge in [0.05, 0.1) is 14.7 Å². The molecular formula is C13H20O2Si. The molecular weight excluding hydrogens is 216 g/mol. The maximum atomic E-state index is 11.5. The number of carbonyl (C=O) groups excluding carboxylic acids is 1. The summed E-state index contributed by atoms with van der Waals surface area (Å²) < 4.78 is 5.01. The first-order valence-electron chi connectivity index (χ1n) is 5.73. The van der Waals surface area contributed by atoms with Crippen LogP contribution in [-0.2, 0) is 15.6 Å². The smallest absolute Gasteiger partial charge is 0.303 e. The van der Waals surface area contributed by atoms with Crippen molar-refractivity contribution >= 4 is 14.0 Å². The lowest BCUT2D eigenvalue weighted by Crippen LogP contribution is -2.32. The van der Waals surface area contributed by atoms with Gasteiger partial charge in [-0.2, -0.15) is 0 Å². The van der Waals surface area contributed by atoms with Crippen LogP contribution in [-0.4, -0.2) is 20.7 Å². The van der Waals surface area contributed by atoms with Crippen LogP contribution in [0.1, 0.15) is 12.5 Å². The Hall–Kier alpha value is -1.09. The molecule has 0 aliphatic carbocycles.